The average molecular weight is 1020 g/mol. The number of ether oxygens (including phenoxy) is 5. The number of para-hydroxylation sites is 1. The number of amides is 2. The molecule has 76 heavy (non-hydrogen) atoms. The molecule has 2 aliphatic rings. The van der Waals surface area contributed by atoms with Crippen LogP contribution in [0.3, 0.4) is 0 Å². The third kappa shape index (κ3) is 14.0. The molecular formula is C65H74N4O7. The molecule has 1 aromatic heterocycles. The van der Waals surface area contributed by atoms with Gasteiger partial charge in [0.25, 0.3) is 0 Å². The highest BCUT2D eigenvalue weighted by molar-refractivity contribution is 5.91. The van der Waals surface area contributed by atoms with Gasteiger partial charge in [-0.1, -0.05) is 176 Å². The second-order valence-corrected chi connectivity index (χ2v) is 21.0. The van der Waals surface area contributed by atoms with E-state index in [1.807, 2.05) is 89.8 Å². The maximum atomic E-state index is 13.4. The number of fused-ring (bicyclic) bond motifs is 1. The Morgan fingerprint density at radius 1 is 0.645 bits per heavy atom. The molecule has 2 aliphatic heterocycles. The van der Waals surface area contributed by atoms with Crippen molar-refractivity contribution in [2.75, 3.05) is 32.8 Å². The number of piperazine rings is 1. The van der Waals surface area contributed by atoms with Crippen LogP contribution in [0.5, 0.6) is 0 Å². The molecule has 2 amide bonds. The Morgan fingerprint density at radius 2 is 1.18 bits per heavy atom. The van der Waals surface area contributed by atoms with Crippen molar-refractivity contribution < 1.29 is 33.3 Å². The van der Waals surface area contributed by atoms with Crippen molar-refractivity contribution in [1.82, 2.24) is 19.7 Å². The maximum absolute atomic E-state index is 13.4. The Hall–Kier alpha value is -6.70. The monoisotopic (exact) mass is 1020 g/mol. The minimum absolute atomic E-state index is 0.0489. The highest BCUT2D eigenvalue weighted by Crippen LogP contribution is 2.42. The highest BCUT2D eigenvalue weighted by atomic mass is 16.6. The first-order valence-electron chi connectivity index (χ1n) is 26.9. The lowest BCUT2D eigenvalue weighted by Gasteiger charge is -2.46. The zero-order chi connectivity index (χ0) is 52.9. The highest BCUT2D eigenvalue weighted by Gasteiger charge is 2.50. The van der Waals surface area contributed by atoms with Crippen LogP contribution in [0.25, 0.3) is 17.0 Å². The van der Waals surface area contributed by atoms with E-state index in [0.29, 0.717) is 52.1 Å². The summed E-state index contributed by atoms with van der Waals surface area (Å²) in [4.78, 5) is 30.8. The third-order valence-electron chi connectivity index (χ3n) is 14.6. The van der Waals surface area contributed by atoms with E-state index in [1.54, 1.807) is 13.8 Å². The van der Waals surface area contributed by atoms with E-state index in [4.69, 9.17) is 23.7 Å². The summed E-state index contributed by atoms with van der Waals surface area (Å²) in [5, 5.41) is 4.06. The number of carbonyl (C=O) groups excluding carboxylic acids is 2. The molecule has 0 saturated carbocycles. The van der Waals surface area contributed by atoms with E-state index in [1.165, 1.54) is 0 Å². The molecule has 11 heteroatoms. The lowest BCUT2D eigenvalue weighted by Crippen LogP contribution is -2.60. The molecule has 0 bridgehead atoms. The summed E-state index contributed by atoms with van der Waals surface area (Å²) in [6, 6.07) is 56.2. The Labute approximate surface area is 449 Å². The third-order valence-corrected chi connectivity index (χ3v) is 14.6. The predicted molar refractivity (Wildman–Crippen MR) is 300 cm³/mol. The van der Waals surface area contributed by atoms with Gasteiger partial charge in [0, 0.05) is 62.3 Å². The van der Waals surface area contributed by atoms with Crippen LogP contribution in [0.4, 0.5) is 0 Å². The van der Waals surface area contributed by atoms with Gasteiger partial charge in [-0.15, -0.1) is 0 Å². The first kappa shape index (κ1) is 54.1. The van der Waals surface area contributed by atoms with Gasteiger partial charge in [-0.2, -0.15) is 0 Å². The molecule has 2 saturated heterocycles. The standard InChI is InChI=1S/C65H74N4O7/c1-47(2)67-36-38-68(39-37-67)64(71)65(4,5)66-58(70)31-19-29-49-32-34-50(35-33-49)40-69-41-56(55-30-18-20-48(3)59(55)69)60-62(74-44-53-25-14-8-15-26-53)63(75-45-54-27-16-9-17-28-54)61(73-43-52-23-12-7-13-24-52)57(76-60)46-72-42-51-21-10-6-11-22-51/h6-30,32-35,41,47,57,60-63H,31,36-40,42-46H2,1-5H3,(H,66,70)/t57-,60+,61-,62+,63+/m1/s1. The van der Waals surface area contributed by atoms with Gasteiger partial charge in [-0.05, 0) is 73.6 Å². The van der Waals surface area contributed by atoms with E-state index in [9.17, 15) is 9.59 Å². The molecule has 3 heterocycles. The van der Waals surface area contributed by atoms with Gasteiger partial charge in [-0.3, -0.25) is 14.5 Å². The second kappa shape index (κ2) is 25.9. The zero-order valence-corrected chi connectivity index (χ0v) is 44.8. The van der Waals surface area contributed by atoms with Crippen LogP contribution in [-0.2, 0) is 66.2 Å². The normalized spacial score (nSPS) is 19.4. The minimum Gasteiger partial charge on any atom is -0.374 e. The molecule has 6 aromatic carbocycles. The lowest BCUT2D eigenvalue weighted by atomic mass is 9.90. The zero-order valence-electron chi connectivity index (χ0n) is 44.8. The molecule has 0 unspecified atom stereocenters. The molecular weight excluding hydrogens is 949 g/mol. The number of aryl methyl sites for hydroxylation is 1. The molecule has 2 fully saturated rings. The summed E-state index contributed by atoms with van der Waals surface area (Å²) in [5.41, 5.74) is 8.54. The minimum atomic E-state index is -0.998. The topological polar surface area (TPSA) is 104 Å². The Balaban J connectivity index is 0.978. The summed E-state index contributed by atoms with van der Waals surface area (Å²) in [6.07, 6.45) is 3.36. The smallest absolute Gasteiger partial charge is 0.247 e. The summed E-state index contributed by atoms with van der Waals surface area (Å²) in [7, 11) is 0. The van der Waals surface area contributed by atoms with Crippen molar-refractivity contribution in [2.45, 2.75) is 116 Å². The Morgan fingerprint density at radius 3 is 1.75 bits per heavy atom. The number of hydrogen-bond donors (Lipinski definition) is 1. The van der Waals surface area contributed by atoms with Gasteiger partial charge in [0.2, 0.25) is 11.8 Å². The SMILES string of the molecule is Cc1cccc2c([C@@H]3O[C@H](COCc4ccccc4)[C@@H](OCc4ccccc4)[C@H](OCc4ccccc4)[C@H]3OCc3ccccc3)cn(Cc3ccc(C=CCC(=O)NC(C)(C)C(=O)N4CCN(C(C)C)CC4)cc3)c12. The number of hydrogen-bond acceptors (Lipinski definition) is 8. The molecule has 11 nitrogen and oxygen atoms in total. The summed E-state index contributed by atoms with van der Waals surface area (Å²) < 4.78 is 37.6. The van der Waals surface area contributed by atoms with Crippen LogP contribution in [0.2, 0.25) is 0 Å². The van der Waals surface area contributed by atoms with Crippen LogP contribution in [0.1, 0.15) is 84.7 Å². The molecule has 5 atom stereocenters. The Kier molecular flexibility index (Phi) is 18.4. The molecule has 0 radical (unpaired) electrons. The number of aromatic nitrogens is 1. The van der Waals surface area contributed by atoms with Crippen LogP contribution < -0.4 is 5.32 Å². The quantitative estimate of drug-likeness (QED) is 0.0716. The van der Waals surface area contributed by atoms with E-state index >= 15 is 0 Å². The Bertz CT molecular complexity index is 2960. The van der Waals surface area contributed by atoms with Crippen molar-refractivity contribution in [1.29, 1.82) is 0 Å². The van der Waals surface area contributed by atoms with E-state index in [2.05, 4.69) is 133 Å². The first-order valence-corrected chi connectivity index (χ1v) is 26.9. The maximum Gasteiger partial charge on any atom is 0.247 e. The number of carbonyl (C=O) groups is 2. The summed E-state index contributed by atoms with van der Waals surface area (Å²) in [5.74, 6) is -0.241. The molecule has 0 aliphatic carbocycles. The molecule has 9 rings (SSSR count). The lowest BCUT2D eigenvalue weighted by molar-refractivity contribution is -0.274. The van der Waals surface area contributed by atoms with E-state index in [-0.39, 0.29) is 24.8 Å². The summed E-state index contributed by atoms with van der Waals surface area (Å²) in [6.45, 7) is 15.4. The van der Waals surface area contributed by atoms with Gasteiger partial charge in [-0.25, -0.2) is 0 Å². The van der Waals surface area contributed by atoms with E-state index in [0.717, 1.165) is 68.5 Å². The number of benzene rings is 6. The molecule has 7 aromatic rings. The van der Waals surface area contributed by atoms with Crippen LogP contribution in [0.15, 0.2) is 176 Å². The van der Waals surface area contributed by atoms with Gasteiger partial charge >= 0.3 is 0 Å². The largest absolute Gasteiger partial charge is 0.374 e. The predicted octanol–water partition coefficient (Wildman–Crippen LogP) is 11.3. The average Bonchev–Trinajstić information content (AvgIpc) is 3.81. The fourth-order valence-electron chi connectivity index (χ4n) is 10.5. The van der Waals surface area contributed by atoms with Gasteiger partial charge in [0.1, 0.15) is 36.1 Å². The number of nitrogens with zero attached hydrogens (tertiary/aromatic N) is 3. The van der Waals surface area contributed by atoms with Crippen molar-refractivity contribution in [3.63, 3.8) is 0 Å². The molecule has 396 valence electrons. The number of rotatable bonds is 22. The number of nitrogens with one attached hydrogen (secondary N) is 1. The molecule has 0 spiro atoms. The fraction of sp³-hybridized carbons (Fsp3) is 0.354. The van der Waals surface area contributed by atoms with Crippen molar-refractivity contribution in [3.8, 4) is 0 Å². The van der Waals surface area contributed by atoms with Crippen molar-refractivity contribution in [3.05, 3.63) is 221 Å². The van der Waals surface area contributed by atoms with Crippen LogP contribution >= 0.6 is 0 Å². The van der Waals surface area contributed by atoms with Crippen molar-refractivity contribution >= 4 is 28.8 Å². The molecule has 1 N–H and O–H groups in total. The fourth-order valence-corrected chi connectivity index (χ4v) is 10.5. The van der Waals surface area contributed by atoms with Crippen molar-refractivity contribution in [2.24, 2.45) is 0 Å². The van der Waals surface area contributed by atoms with E-state index < -0.39 is 36.1 Å². The van der Waals surface area contributed by atoms with Crippen LogP contribution in [0, 0.1) is 6.92 Å². The first-order chi connectivity index (χ1) is 37.0. The van der Waals surface area contributed by atoms with Crippen LogP contribution in [-0.4, -0.2) is 95.0 Å². The van der Waals surface area contributed by atoms with Gasteiger partial charge in [0.05, 0.1) is 38.6 Å². The second-order valence-electron chi connectivity index (χ2n) is 21.0. The summed E-state index contributed by atoms with van der Waals surface area (Å²) >= 11 is 0. The van der Waals surface area contributed by atoms with Gasteiger partial charge < -0.3 is 38.5 Å². The van der Waals surface area contributed by atoms with Gasteiger partial charge in [0.15, 0.2) is 0 Å².